The van der Waals surface area contributed by atoms with E-state index >= 15 is 0 Å². The SMILES string of the molecule is C=C(/C=C(\N)Nc1cc(OC=N)nc(NCc2cc(-c3ccccc3)no2)n1)C1CC1. The largest absolute Gasteiger partial charge is 0.428 e. The molecule has 0 atom stereocenters. The predicted octanol–water partition coefficient (Wildman–Crippen LogP) is 3.91. The Bertz CT molecular complexity index is 1100. The quantitative estimate of drug-likeness (QED) is 0.221. The van der Waals surface area contributed by atoms with Crippen LogP contribution in [0, 0.1) is 11.3 Å². The summed E-state index contributed by atoms with van der Waals surface area (Å²) in [5, 5.41) is 17.4. The van der Waals surface area contributed by atoms with Gasteiger partial charge in [0, 0.05) is 17.7 Å². The van der Waals surface area contributed by atoms with Crippen molar-refractivity contribution in [2.45, 2.75) is 19.4 Å². The van der Waals surface area contributed by atoms with Gasteiger partial charge in [0.25, 0.3) is 0 Å². The van der Waals surface area contributed by atoms with E-state index in [1.807, 2.05) is 42.5 Å². The fraction of sp³-hybridized carbons (Fsp3) is 0.182. The molecule has 2 aromatic heterocycles. The molecule has 1 aliphatic carbocycles. The van der Waals surface area contributed by atoms with Crippen LogP contribution in [0.25, 0.3) is 11.3 Å². The van der Waals surface area contributed by atoms with E-state index in [0.29, 0.717) is 29.9 Å². The highest BCUT2D eigenvalue weighted by atomic mass is 16.5. The molecule has 31 heavy (non-hydrogen) atoms. The Morgan fingerprint density at radius 3 is 2.81 bits per heavy atom. The van der Waals surface area contributed by atoms with Gasteiger partial charge in [0.05, 0.1) is 6.54 Å². The second-order valence-electron chi connectivity index (χ2n) is 7.12. The summed E-state index contributed by atoms with van der Waals surface area (Å²) < 4.78 is 10.5. The van der Waals surface area contributed by atoms with Crippen molar-refractivity contribution >= 4 is 18.2 Å². The van der Waals surface area contributed by atoms with Gasteiger partial charge in [-0.05, 0) is 30.4 Å². The standard InChI is InChI=1S/C22H23N7O2/c1-14(15-7-8-15)9-19(24)26-20-11-21(30-13-23)28-22(27-20)25-12-17-10-18(29-31-17)16-5-3-2-4-6-16/h2-6,9-11,13,15,23H,1,7-8,12,24H2,(H2,25,26,27,28)/b19-9+,23-13?. The van der Waals surface area contributed by atoms with E-state index in [1.54, 1.807) is 6.07 Å². The first-order valence-corrected chi connectivity index (χ1v) is 9.83. The number of rotatable bonds is 10. The van der Waals surface area contributed by atoms with Crippen molar-refractivity contribution in [3.05, 3.63) is 72.3 Å². The topological polar surface area (TPSA) is 135 Å². The van der Waals surface area contributed by atoms with Crippen molar-refractivity contribution in [1.29, 1.82) is 5.41 Å². The van der Waals surface area contributed by atoms with Gasteiger partial charge in [-0.25, -0.2) is 0 Å². The van der Waals surface area contributed by atoms with Crippen molar-refractivity contribution in [2.24, 2.45) is 11.7 Å². The maximum Gasteiger partial charge on any atom is 0.228 e. The van der Waals surface area contributed by atoms with E-state index < -0.39 is 0 Å². The van der Waals surface area contributed by atoms with Crippen molar-refractivity contribution in [1.82, 2.24) is 15.1 Å². The molecule has 0 saturated heterocycles. The molecule has 0 bridgehead atoms. The summed E-state index contributed by atoms with van der Waals surface area (Å²) in [5.74, 6) is 2.47. The highest BCUT2D eigenvalue weighted by Gasteiger charge is 2.23. The van der Waals surface area contributed by atoms with Gasteiger partial charge < -0.3 is 25.6 Å². The number of hydrogen-bond donors (Lipinski definition) is 4. The second-order valence-corrected chi connectivity index (χ2v) is 7.12. The number of allylic oxidation sites excluding steroid dienone is 2. The average molecular weight is 417 g/mol. The number of nitrogens with zero attached hydrogens (tertiary/aromatic N) is 3. The van der Waals surface area contributed by atoms with Crippen LogP contribution in [-0.2, 0) is 6.54 Å². The molecule has 2 heterocycles. The van der Waals surface area contributed by atoms with Crippen LogP contribution in [0.4, 0.5) is 11.8 Å². The molecule has 9 heteroatoms. The average Bonchev–Trinajstić information content (AvgIpc) is 3.51. The van der Waals surface area contributed by atoms with E-state index in [2.05, 4.69) is 32.3 Å². The summed E-state index contributed by atoms with van der Waals surface area (Å²) in [7, 11) is 0. The molecule has 1 aromatic carbocycles. The molecule has 1 fully saturated rings. The molecule has 0 aliphatic heterocycles. The zero-order valence-electron chi connectivity index (χ0n) is 16.8. The third kappa shape index (κ3) is 5.47. The lowest BCUT2D eigenvalue weighted by atomic mass is 10.1. The second kappa shape index (κ2) is 9.12. The highest BCUT2D eigenvalue weighted by molar-refractivity contribution is 5.58. The van der Waals surface area contributed by atoms with E-state index in [4.69, 9.17) is 20.4 Å². The highest BCUT2D eigenvalue weighted by Crippen LogP contribution is 2.36. The molecule has 1 saturated carbocycles. The van der Waals surface area contributed by atoms with Gasteiger partial charge in [0.1, 0.15) is 17.3 Å². The van der Waals surface area contributed by atoms with Gasteiger partial charge in [-0.2, -0.15) is 9.97 Å². The van der Waals surface area contributed by atoms with Gasteiger partial charge in [0.2, 0.25) is 11.8 Å². The molecule has 0 spiro atoms. The van der Waals surface area contributed by atoms with Crippen LogP contribution in [-0.4, -0.2) is 21.5 Å². The summed E-state index contributed by atoms with van der Waals surface area (Å²) in [6.07, 6.45) is 4.90. The number of anilines is 2. The first kappa shape index (κ1) is 20.1. The molecule has 0 radical (unpaired) electrons. The van der Waals surface area contributed by atoms with Crippen LogP contribution >= 0.6 is 0 Å². The van der Waals surface area contributed by atoms with Crippen LogP contribution < -0.4 is 21.1 Å². The summed E-state index contributed by atoms with van der Waals surface area (Å²) in [6, 6.07) is 13.2. The van der Waals surface area contributed by atoms with Crippen molar-refractivity contribution in [3.8, 4) is 17.1 Å². The van der Waals surface area contributed by atoms with E-state index in [0.717, 1.165) is 36.1 Å². The van der Waals surface area contributed by atoms with Crippen LogP contribution in [0.2, 0.25) is 0 Å². The van der Waals surface area contributed by atoms with E-state index in [-0.39, 0.29) is 11.8 Å². The van der Waals surface area contributed by atoms with E-state index in [9.17, 15) is 0 Å². The predicted molar refractivity (Wildman–Crippen MR) is 118 cm³/mol. The van der Waals surface area contributed by atoms with Crippen LogP contribution in [0.3, 0.4) is 0 Å². The number of nitrogens with one attached hydrogen (secondary N) is 3. The lowest BCUT2D eigenvalue weighted by Gasteiger charge is -2.10. The number of hydrogen-bond acceptors (Lipinski definition) is 9. The summed E-state index contributed by atoms with van der Waals surface area (Å²) in [6.45, 7) is 4.35. The minimum atomic E-state index is 0.200. The number of aromatic nitrogens is 3. The maximum atomic E-state index is 7.17. The Balaban J connectivity index is 1.45. The Hall–Kier alpha value is -4.14. The lowest BCUT2D eigenvalue weighted by Crippen LogP contribution is -2.13. The van der Waals surface area contributed by atoms with Gasteiger partial charge in [-0.3, -0.25) is 5.41 Å². The zero-order chi connectivity index (χ0) is 21.6. The summed E-state index contributed by atoms with van der Waals surface area (Å²) >= 11 is 0. The normalized spacial score (nSPS) is 13.5. The maximum absolute atomic E-state index is 7.17. The van der Waals surface area contributed by atoms with Gasteiger partial charge in [-0.15, -0.1) is 0 Å². The molecular weight excluding hydrogens is 394 g/mol. The van der Waals surface area contributed by atoms with E-state index in [1.165, 1.54) is 0 Å². The molecular formula is C22H23N7O2. The first-order chi connectivity index (χ1) is 15.1. The number of ether oxygens (including phenoxy) is 1. The van der Waals surface area contributed by atoms with Crippen LogP contribution in [0.15, 0.2) is 71.0 Å². The Morgan fingerprint density at radius 2 is 2.06 bits per heavy atom. The van der Waals surface area contributed by atoms with Crippen molar-refractivity contribution in [3.63, 3.8) is 0 Å². The molecule has 9 nitrogen and oxygen atoms in total. The van der Waals surface area contributed by atoms with Gasteiger partial charge in [0.15, 0.2) is 12.2 Å². The summed E-state index contributed by atoms with van der Waals surface area (Å²) in [5.41, 5.74) is 8.78. The fourth-order valence-electron chi connectivity index (χ4n) is 2.95. The lowest BCUT2D eigenvalue weighted by molar-refractivity contribution is 0.390. The Morgan fingerprint density at radius 1 is 1.26 bits per heavy atom. The first-order valence-electron chi connectivity index (χ1n) is 9.83. The smallest absolute Gasteiger partial charge is 0.228 e. The van der Waals surface area contributed by atoms with Gasteiger partial charge in [-0.1, -0.05) is 42.1 Å². The molecule has 3 aromatic rings. The minimum absolute atomic E-state index is 0.200. The van der Waals surface area contributed by atoms with Crippen LogP contribution in [0.5, 0.6) is 5.88 Å². The zero-order valence-corrected chi connectivity index (χ0v) is 16.8. The minimum Gasteiger partial charge on any atom is -0.428 e. The molecule has 5 N–H and O–H groups in total. The molecule has 158 valence electrons. The number of nitrogens with two attached hydrogens (primary N) is 1. The fourth-order valence-corrected chi connectivity index (χ4v) is 2.95. The molecule has 4 rings (SSSR count). The number of benzene rings is 1. The van der Waals surface area contributed by atoms with Crippen molar-refractivity contribution < 1.29 is 9.26 Å². The van der Waals surface area contributed by atoms with Crippen molar-refractivity contribution in [2.75, 3.05) is 10.6 Å². The summed E-state index contributed by atoms with van der Waals surface area (Å²) in [4.78, 5) is 8.64. The third-order valence-corrected chi connectivity index (χ3v) is 4.65. The Labute approximate surface area is 179 Å². The third-order valence-electron chi connectivity index (χ3n) is 4.65. The van der Waals surface area contributed by atoms with Crippen LogP contribution in [0.1, 0.15) is 18.6 Å². The molecule has 0 unspecified atom stereocenters. The Kier molecular flexibility index (Phi) is 5.93. The monoisotopic (exact) mass is 417 g/mol. The van der Waals surface area contributed by atoms with Gasteiger partial charge >= 0.3 is 0 Å². The molecule has 0 amide bonds. The molecule has 1 aliphatic rings.